The van der Waals surface area contributed by atoms with Crippen LogP contribution in [0.25, 0.3) is 0 Å². The Morgan fingerprint density at radius 1 is 1.04 bits per heavy atom. The van der Waals surface area contributed by atoms with Gasteiger partial charge in [-0.05, 0) is 32.6 Å². The molecule has 0 amide bonds. The first kappa shape index (κ1) is 21.4. The first-order chi connectivity index (χ1) is 11.2. The molecule has 0 rings (SSSR count). The van der Waals surface area contributed by atoms with Crippen LogP contribution in [0.3, 0.4) is 0 Å². The minimum Gasteiger partial charge on any atom is -0.389 e. The van der Waals surface area contributed by atoms with E-state index in [9.17, 15) is 9.90 Å². The normalized spacial score (nSPS) is 12.8. The van der Waals surface area contributed by atoms with Crippen LogP contribution in [0.1, 0.15) is 71.6 Å². The molecule has 0 heterocycles. The molecule has 0 aromatic heterocycles. The average Bonchev–Trinajstić information content (AvgIpc) is 2.52. The molecule has 1 N–H and O–H groups in total. The van der Waals surface area contributed by atoms with E-state index in [0.717, 1.165) is 51.4 Å². The third-order valence-electron chi connectivity index (χ3n) is 3.26. The van der Waals surface area contributed by atoms with Gasteiger partial charge in [-0.1, -0.05) is 62.1 Å². The maximum absolute atomic E-state index is 10.7. The van der Waals surface area contributed by atoms with Crippen LogP contribution in [0.15, 0.2) is 36.5 Å². The summed E-state index contributed by atoms with van der Waals surface area (Å²) < 4.78 is 0. The number of Topliss-reactive ketones (excluding diaryl/α,β-unsaturated/α-hetero) is 1. The SMILES string of the molecule is CCCC[C@@H](O)/C=C\C/C=C\C/C=C\CC#CCCCC(C)=O. The van der Waals surface area contributed by atoms with Crippen LogP contribution in [0.5, 0.6) is 0 Å². The molecule has 128 valence electrons. The van der Waals surface area contributed by atoms with Gasteiger partial charge in [0.2, 0.25) is 0 Å². The fourth-order valence-electron chi connectivity index (χ4n) is 1.92. The minimum absolute atomic E-state index is 0.240. The van der Waals surface area contributed by atoms with E-state index in [4.69, 9.17) is 0 Å². The van der Waals surface area contributed by atoms with Gasteiger partial charge in [-0.2, -0.15) is 0 Å². The van der Waals surface area contributed by atoms with Crippen molar-refractivity contribution < 1.29 is 9.90 Å². The Labute approximate surface area is 142 Å². The van der Waals surface area contributed by atoms with Crippen molar-refractivity contribution in [1.82, 2.24) is 0 Å². The summed E-state index contributed by atoms with van der Waals surface area (Å²) in [6, 6.07) is 0. The predicted octanol–water partition coefficient (Wildman–Crippen LogP) is 5.14. The number of ketones is 1. The van der Waals surface area contributed by atoms with Gasteiger partial charge in [0, 0.05) is 19.3 Å². The molecule has 0 aromatic carbocycles. The van der Waals surface area contributed by atoms with Crippen LogP contribution in [0.2, 0.25) is 0 Å². The summed E-state index contributed by atoms with van der Waals surface area (Å²) in [5.74, 6) is 6.41. The Bertz CT molecular complexity index is 432. The standard InChI is InChI=1S/C21H32O2/c1-3-4-18-21(23)19-16-14-12-10-8-6-5-7-9-11-13-15-17-20(2)22/h5-6,10,12,16,19,21,23H,3-4,7-8,13-15,17-18H2,1-2H3/b6-5-,12-10-,19-16-/t21-/m1/s1. The van der Waals surface area contributed by atoms with Crippen molar-refractivity contribution in [3.05, 3.63) is 36.5 Å². The summed E-state index contributed by atoms with van der Waals surface area (Å²) in [6.07, 6.45) is 20.0. The molecule has 0 saturated carbocycles. The molecule has 0 spiro atoms. The van der Waals surface area contributed by atoms with Crippen molar-refractivity contribution in [1.29, 1.82) is 0 Å². The van der Waals surface area contributed by atoms with Gasteiger partial charge in [0.25, 0.3) is 0 Å². The number of hydrogen-bond acceptors (Lipinski definition) is 2. The van der Waals surface area contributed by atoms with Crippen LogP contribution in [-0.2, 0) is 4.79 Å². The first-order valence-corrected chi connectivity index (χ1v) is 8.76. The Balaban J connectivity index is 3.57. The van der Waals surface area contributed by atoms with E-state index in [1.807, 2.05) is 12.2 Å². The second-order valence-corrected chi connectivity index (χ2v) is 5.67. The summed E-state index contributed by atoms with van der Waals surface area (Å²) in [5, 5.41) is 9.63. The monoisotopic (exact) mass is 316 g/mol. The highest BCUT2D eigenvalue weighted by Gasteiger charge is 1.95. The van der Waals surface area contributed by atoms with E-state index in [1.165, 1.54) is 0 Å². The van der Waals surface area contributed by atoms with Gasteiger partial charge in [0.1, 0.15) is 5.78 Å². The van der Waals surface area contributed by atoms with Gasteiger partial charge >= 0.3 is 0 Å². The molecule has 0 radical (unpaired) electrons. The number of rotatable bonds is 12. The second kappa shape index (κ2) is 16.8. The highest BCUT2D eigenvalue weighted by atomic mass is 16.3. The largest absolute Gasteiger partial charge is 0.389 e. The van der Waals surface area contributed by atoms with Crippen molar-refractivity contribution in [2.45, 2.75) is 77.7 Å². The number of hydrogen-bond donors (Lipinski definition) is 1. The summed E-state index contributed by atoms with van der Waals surface area (Å²) in [7, 11) is 0. The fourth-order valence-corrected chi connectivity index (χ4v) is 1.92. The zero-order chi connectivity index (χ0) is 17.2. The van der Waals surface area contributed by atoms with Crippen molar-refractivity contribution in [3.63, 3.8) is 0 Å². The molecule has 0 aliphatic carbocycles. The molecule has 0 unspecified atom stereocenters. The molecular formula is C21H32O2. The fraction of sp³-hybridized carbons (Fsp3) is 0.571. The van der Waals surface area contributed by atoms with E-state index in [0.29, 0.717) is 6.42 Å². The van der Waals surface area contributed by atoms with Crippen molar-refractivity contribution in [2.75, 3.05) is 0 Å². The van der Waals surface area contributed by atoms with Crippen LogP contribution in [-0.4, -0.2) is 17.0 Å². The van der Waals surface area contributed by atoms with E-state index in [2.05, 4.69) is 43.1 Å². The lowest BCUT2D eigenvalue weighted by Crippen LogP contribution is -2.00. The molecule has 1 atom stereocenters. The number of aliphatic hydroxyl groups is 1. The lowest BCUT2D eigenvalue weighted by molar-refractivity contribution is -0.117. The van der Waals surface area contributed by atoms with E-state index < -0.39 is 0 Å². The number of unbranched alkanes of at least 4 members (excludes halogenated alkanes) is 2. The third kappa shape index (κ3) is 18.4. The van der Waals surface area contributed by atoms with Crippen molar-refractivity contribution in [2.24, 2.45) is 0 Å². The van der Waals surface area contributed by atoms with E-state index >= 15 is 0 Å². The van der Waals surface area contributed by atoms with Gasteiger partial charge in [-0.15, -0.1) is 5.92 Å². The number of allylic oxidation sites excluding steroid dienone is 5. The minimum atomic E-state index is -0.294. The van der Waals surface area contributed by atoms with E-state index in [1.54, 1.807) is 6.92 Å². The van der Waals surface area contributed by atoms with Gasteiger partial charge in [0.05, 0.1) is 6.10 Å². The van der Waals surface area contributed by atoms with Crippen molar-refractivity contribution in [3.8, 4) is 11.8 Å². The van der Waals surface area contributed by atoms with Crippen LogP contribution < -0.4 is 0 Å². The average molecular weight is 316 g/mol. The zero-order valence-corrected chi connectivity index (χ0v) is 14.8. The number of carbonyl (C=O) groups excluding carboxylic acids is 1. The zero-order valence-electron chi connectivity index (χ0n) is 14.8. The second-order valence-electron chi connectivity index (χ2n) is 5.67. The molecule has 0 aliphatic heterocycles. The smallest absolute Gasteiger partial charge is 0.129 e. The Morgan fingerprint density at radius 3 is 2.43 bits per heavy atom. The Morgan fingerprint density at radius 2 is 1.74 bits per heavy atom. The lowest BCUT2D eigenvalue weighted by atomic mass is 10.1. The van der Waals surface area contributed by atoms with Crippen LogP contribution in [0, 0.1) is 11.8 Å². The molecule has 0 aromatic rings. The summed E-state index contributed by atoms with van der Waals surface area (Å²) in [4.78, 5) is 10.7. The van der Waals surface area contributed by atoms with Gasteiger partial charge in [-0.3, -0.25) is 0 Å². The number of carbonyl (C=O) groups is 1. The van der Waals surface area contributed by atoms with Crippen LogP contribution >= 0.6 is 0 Å². The third-order valence-corrected chi connectivity index (χ3v) is 3.26. The van der Waals surface area contributed by atoms with Gasteiger partial charge in [0.15, 0.2) is 0 Å². The molecule has 0 fully saturated rings. The van der Waals surface area contributed by atoms with Gasteiger partial charge < -0.3 is 9.90 Å². The lowest BCUT2D eigenvalue weighted by Gasteiger charge is -2.02. The highest BCUT2D eigenvalue weighted by molar-refractivity contribution is 5.75. The van der Waals surface area contributed by atoms with Crippen LogP contribution in [0.4, 0.5) is 0 Å². The summed E-state index contributed by atoms with van der Waals surface area (Å²) in [5.41, 5.74) is 0. The van der Waals surface area contributed by atoms with Gasteiger partial charge in [-0.25, -0.2) is 0 Å². The van der Waals surface area contributed by atoms with Crippen molar-refractivity contribution >= 4 is 5.78 Å². The first-order valence-electron chi connectivity index (χ1n) is 8.76. The Kier molecular flexibility index (Phi) is 15.6. The molecule has 0 bridgehead atoms. The number of aliphatic hydroxyl groups excluding tert-OH is 1. The highest BCUT2D eigenvalue weighted by Crippen LogP contribution is 2.02. The predicted molar refractivity (Wildman–Crippen MR) is 99.1 cm³/mol. The Hall–Kier alpha value is -1.59. The molecule has 0 saturated heterocycles. The maximum Gasteiger partial charge on any atom is 0.129 e. The molecule has 2 nitrogen and oxygen atoms in total. The summed E-state index contributed by atoms with van der Waals surface area (Å²) in [6.45, 7) is 3.75. The molecule has 0 aliphatic rings. The van der Waals surface area contributed by atoms with E-state index in [-0.39, 0.29) is 11.9 Å². The summed E-state index contributed by atoms with van der Waals surface area (Å²) >= 11 is 0. The quantitative estimate of drug-likeness (QED) is 0.307. The molecular weight excluding hydrogens is 284 g/mol. The topological polar surface area (TPSA) is 37.3 Å². The molecule has 23 heavy (non-hydrogen) atoms. The molecule has 2 heteroatoms. The maximum atomic E-state index is 10.7.